The normalized spacial score (nSPS) is 33.2. The third-order valence-corrected chi connectivity index (χ3v) is 8.03. The third-order valence-electron chi connectivity index (χ3n) is 5.77. The maximum Gasteiger partial charge on any atom is 0.351 e. The Morgan fingerprint density at radius 2 is 1.97 bits per heavy atom. The minimum absolute atomic E-state index is 0.115. The van der Waals surface area contributed by atoms with Crippen LogP contribution in [0.15, 0.2) is 17.1 Å². The number of nitrogens with zero attached hydrogens (tertiary/aromatic N) is 2. The summed E-state index contributed by atoms with van der Waals surface area (Å²) in [5.74, 6) is -4.38. The van der Waals surface area contributed by atoms with Crippen molar-refractivity contribution in [2.45, 2.75) is 62.3 Å². The SMILES string of the molecule is CC(=O)N[C@H]1C[C@H](C(OP(=O)([O-])OC[C@H]2O[C@@H](n3ccc(N)nc3=O)[C@H](O)[C@@H]2O)P(=O)([O-])[O-])C[C@H]1O. The van der Waals surface area contributed by atoms with Gasteiger partial charge in [-0.2, -0.15) is 4.98 Å². The summed E-state index contributed by atoms with van der Waals surface area (Å²) in [6.45, 7) is 0.171. The number of carbonyl (C=O) groups excluding carboxylic acids is 1. The van der Waals surface area contributed by atoms with E-state index in [4.69, 9.17) is 10.5 Å². The van der Waals surface area contributed by atoms with Crippen LogP contribution in [0.25, 0.3) is 0 Å². The van der Waals surface area contributed by atoms with Crippen LogP contribution in [0.1, 0.15) is 26.0 Å². The molecule has 0 bridgehead atoms. The molecule has 0 spiro atoms. The zero-order chi connectivity index (χ0) is 27.0. The summed E-state index contributed by atoms with van der Waals surface area (Å²) in [5, 5.41) is 32.8. The largest absolute Gasteiger partial charge is 0.809 e. The van der Waals surface area contributed by atoms with Crippen LogP contribution in [0.3, 0.4) is 0 Å². The first-order valence-electron chi connectivity index (χ1n) is 10.6. The van der Waals surface area contributed by atoms with Crippen LogP contribution in [-0.4, -0.2) is 73.7 Å². The summed E-state index contributed by atoms with van der Waals surface area (Å²) in [6.07, 6.45) is -7.21. The molecular formula is C17H25N4O13P2-3. The van der Waals surface area contributed by atoms with Crippen LogP contribution in [0.2, 0.25) is 0 Å². The second-order valence-electron chi connectivity index (χ2n) is 8.47. The molecule has 1 amide bonds. The van der Waals surface area contributed by atoms with Crippen molar-refractivity contribution in [3.8, 4) is 0 Å². The number of aliphatic hydroxyl groups is 3. The molecule has 19 heteroatoms. The molecule has 1 aliphatic heterocycles. The van der Waals surface area contributed by atoms with Gasteiger partial charge < -0.3 is 59.4 Å². The van der Waals surface area contributed by atoms with E-state index in [9.17, 15) is 48.7 Å². The van der Waals surface area contributed by atoms with Crippen molar-refractivity contribution >= 4 is 27.1 Å². The second kappa shape index (κ2) is 10.9. The predicted molar refractivity (Wildman–Crippen MR) is 111 cm³/mol. The fourth-order valence-corrected chi connectivity index (χ4v) is 6.54. The molecule has 1 saturated carbocycles. The zero-order valence-electron chi connectivity index (χ0n) is 18.7. The molecule has 204 valence electrons. The Hall–Kier alpha value is -1.75. The first kappa shape index (κ1) is 28.8. The van der Waals surface area contributed by atoms with Crippen LogP contribution in [0.4, 0.5) is 5.82 Å². The summed E-state index contributed by atoms with van der Waals surface area (Å²) in [7, 11) is -11.2. The molecular weight excluding hydrogens is 530 g/mol. The molecule has 2 unspecified atom stereocenters. The van der Waals surface area contributed by atoms with Crippen molar-refractivity contribution in [2.75, 3.05) is 12.3 Å². The van der Waals surface area contributed by atoms with Gasteiger partial charge in [0.15, 0.2) is 6.23 Å². The van der Waals surface area contributed by atoms with Crippen molar-refractivity contribution in [2.24, 2.45) is 5.92 Å². The first-order valence-corrected chi connectivity index (χ1v) is 13.6. The van der Waals surface area contributed by atoms with Crippen molar-refractivity contribution < 1.29 is 57.7 Å². The third kappa shape index (κ3) is 6.76. The Balaban J connectivity index is 1.67. The van der Waals surface area contributed by atoms with Gasteiger partial charge in [-0.1, -0.05) is 0 Å². The van der Waals surface area contributed by atoms with Gasteiger partial charge in [0.1, 0.15) is 24.1 Å². The molecule has 17 nitrogen and oxygen atoms in total. The van der Waals surface area contributed by atoms with Gasteiger partial charge in [-0.25, -0.2) is 4.79 Å². The van der Waals surface area contributed by atoms with Gasteiger partial charge in [0.05, 0.1) is 24.6 Å². The van der Waals surface area contributed by atoms with Crippen LogP contribution in [0, 0.1) is 5.92 Å². The predicted octanol–water partition coefficient (Wildman–Crippen LogP) is -4.54. The number of phosphoric ester groups is 1. The summed E-state index contributed by atoms with van der Waals surface area (Å²) in [5.41, 5.74) is 4.46. The Morgan fingerprint density at radius 1 is 1.31 bits per heavy atom. The molecule has 9 atom stereocenters. The van der Waals surface area contributed by atoms with Gasteiger partial charge in [0, 0.05) is 13.1 Å². The molecule has 0 radical (unpaired) electrons. The summed E-state index contributed by atoms with van der Waals surface area (Å²) >= 11 is 0. The van der Waals surface area contributed by atoms with Crippen molar-refractivity contribution in [3.63, 3.8) is 0 Å². The number of nitrogen functional groups attached to an aromatic ring is 1. The van der Waals surface area contributed by atoms with E-state index >= 15 is 0 Å². The molecule has 2 fully saturated rings. The monoisotopic (exact) mass is 555 g/mol. The second-order valence-corrected chi connectivity index (χ2v) is 11.4. The Labute approximate surface area is 203 Å². The van der Waals surface area contributed by atoms with Crippen LogP contribution < -0.4 is 31.4 Å². The van der Waals surface area contributed by atoms with Gasteiger partial charge in [0.25, 0.3) is 7.82 Å². The van der Waals surface area contributed by atoms with E-state index < -0.39 is 82.1 Å². The number of phosphoric acid groups is 1. The van der Waals surface area contributed by atoms with Crippen LogP contribution in [-0.2, 0) is 27.7 Å². The number of ether oxygens (including phenoxy) is 1. The van der Waals surface area contributed by atoms with E-state index in [-0.39, 0.29) is 18.7 Å². The molecule has 1 aliphatic carbocycles. The topological polar surface area (TPSA) is 282 Å². The maximum absolute atomic E-state index is 12.3. The quantitative estimate of drug-likeness (QED) is 0.179. The van der Waals surface area contributed by atoms with Gasteiger partial charge in [-0.15, -0.1) is 0 Å². The van der Waals surface area contributed by atoms with E-state index in [1.165, 1.54) is 6.07 Å². The lowest BCUT2D eigenvalue weighted by Gasteiger charge is -2.43. The summed E-state index contributed by atoms with van der Waals surface area (Å²) < 4.78 is 39.4. The highest BCUT2D eigenvalue weighted by molar-refractivity contribution is 7.51. The van der Waals surface area contributed by atoms with Gasteiger partial charge in [-0.3, -0.25) is 13.9 Å². The lowest BCUT2D eigenvalue weighted by atomic mass is 10.1. The Kier molecular flexibility index (Phi) is 8.75. The van der Waals surface area contributed by atoms with E-state index in [1.807, 2.05) is 0 Å². The van der Waals surface area contributed by atoms with Gasteiger partial charge in [-0.05, 0) is 32.4 Å². The maximum atomic E-state index is 12.3. The van der Waals surface area contributed by atoms with Crippen molar-refractivity contribution in [1.82, 2.24) is 14.9 Å². The lowest BCUT2D eigenvalue weighted by Crippen LogP contribution is -2.39. The number of anilines is 1. The summed E-state index contributed by atoms with van der Waals surface area (Å²) in [6, 6.07) is 0.289. The fourth-order valence-electron chi connectivity index (χ4n) is 4.15. The summed E-state index contributed by atoms with van der Waals surface area (Å²) in [4.78, 5) is 62.5. The number of hydrogen-bond acceptors (Lipinski definition) is 15. The highest BCUT2D eigenvalue weighted by Gasteiger charge is 2.45. The van der Waals surface area contributed by atoms with Crippen molar-refractivity contribution in [3.05, 3.63) is 22.7 Å². The minimum Gasteiger partial charge on any atom is -0.809 e. The molecule has 0 aromatic carbocycles. The highest BCUT2D eigenvalue weighted by Crippen LogP contribution is 2.52. The van der Waals surface area contributed by atoms with Crippen molar-refractivity contribution in [1.29, 1.82) is 0 Å². The number of aliphatic hydroxyl groups excluding tert-OH is 3. The highest BCUT2D eigenvalue weighted by atomic mass is 31.2. The molecule has 36 heavy (non-hydrogen) atoms. The van der Waals surface area contributed by atoms with E-state index in [2.05, 4.69) is 19.3 Å². The Morgan fingerprint density at radius 3 is 2.56 bits per heavy atom. The van der Waals surface area contributed by atoms with Crippen LogP contribution >= 0.6 is 15.4 Å². The molecule has 2 heterocycles. The van der Waals surface area contributed by atoms with Gasteiger partial charge in [0.2, 0.25) is 5.91 Å². The number of aromatic nitrogens is 2. The molecule has 1 aromatic heterocycles. The van der Waals surface area contributed by atoms with E-state index in [0.717, 1.165) is 17.7 Å². The van der Waals surface area contributed by atoms with Gasteiger partial charge >= 0.3 is 5.69 Å². The number of hydrogen-bond donors (Lipinski definition) is 5. The average Bonchev–Trinajstić information content (AvgIpc) is 3.23. The fraction of sp³-hybridized carbons (Fsp3) is 0.706. The molecule has 2 aliphatic rings. The lowest BCUT2D eigenvalue weighted by molar-refractivity contribution is -0.326. The molecule has 6 N–H and O–H groups in total. The molecule has 3 rings (SSSR count). The number of carbonyl (C=O) groups is 1. The standard InChI is InChI=1S/C17H28N4O13P2/c1-7(22)19-9-4-8(5-10(9)23)16(35(27,28)29)34-36(30,31)32-6-11-13(24)14(25)15(33-11)21-3-2-12(18)20-17(21)26/h2-3,8-11,13-16,23-25H,4-6H2,1H3,(H,19,22)(H,30,31)(H2,18,20,26)(H2,27,28,29)/p-3/t8-,9-,10+,11+,13+,14+,15+,16?/m0/s1. The Bertz CT molecular complexity index is 1110. The molecule has 1 saturated heterocycles. The average molecular weight is 555 g/mol. The smallest absolute Gasteiger partial charge is 0.351 e. The number of amides is 1. The number of nitrogens with one attached hydrogen (secondary N) is 1. The van der Waals surface area contributed by atoms with Crippen LogP contribution in [0.5, 0.6) is 0 Å². The van der Waals surface area contributed by atoms with E-state index in [1.54, 1.807) is 0 Å². The minimum atomic E-state index is -5.71. The zero-order valence-corrected chi connectivity index (χ0v) is 20.5. The first-order chi connectivity index (χ1) is 16.6. The number of nitrogens with two attached hydrogens (primary N) is 1. The van der Waals surface area contributed by atoms with E-state index in [0.29, 0.717) is 0 Å². The molecule has 1 aromatic rings. The number of rotatable bonds is 9.